The predicted octanol–water partition coefficient (Wildman–Crippen LogP) is 4.30. The molecule has 0 aromatic heterocycles. The van der Waals surface area contributed by atoms with Crippen LogP contribution in [0.5, 0.6) is 0 Å². The van der Waals surface area contributed by atoms with Crippen LogP contribution in [0, 0.1) is 11.8 Å². The van der Waals surface area contributed by atoms with E-state index in [4.69, 9.17) is 42.6 Å². The lowest BCUT2D eigenvalue weighted by molar-refractivity contribution is -0.344. The van der Waals surface area contributed by atoms with E-state index < -0.39 is 115 Å². The van der Waals surface area contributed by atoms with Crippen molar-refractivity contribution in [3.63, 3.8) is 0 Å². The van der Waals surface area contributed by atoms with Gasteiger partial charge in [-0.25, -0.2) is 0 Å². The van der Waals surface area contributed by atoms with Crippen molar-refractivity contribution in [1.82, 2.24) is 15.1 Å². The van der Waals surface area contributed by atoms with Crippen molar-refractivity contribution in [2.75, 3.05) is 40.8 Å². The summed E-state index contributed by atoms with van der Waals surface area (Å²) in [6.07, 6.45) is -8.11. The summed E-state index contributed by atoms with van der Waals surface area (Å²) in [6, 6.07) is 9.03. The molecular weight excluding hydrogens is 923 g/mol. The highest BCUT2D eigenvalue weighted by molar-refractivity contribution is 5.77. The Hall–Kier alpha value is -4.08. The van der Waals surface area contributed by atoms with Gasteiger partial charge in [-0.15, -0.1) is 0 Å². The number of likely N-dealkylation sites (N-methyl/N-ethyl adjacent to an activating group) is 1. The molecule has 2 N–H and O–H groups in total. The molecule has 19 nitrogen and oxygen atoms in total. The lowest BCUT2D eigenvalue weighted by Crippen LogP contribution is -2.66. The smallest absolute Gasteiger partial charge is 0.306 e. The molecule has 4 rings (SSSR count). The number of nitrogens with zero attached hydrogens (tertiary/aromatic N) is 2. The van der Waals surface area contributed by atoms with E-state index in [9.17, 15) is 33.9 Å². The molecule has 402 valence electrons. The Labute approximate surface area is 420 Å². The van der Waals surface area contributed by atoms with E-state index in [0.717, 1.165) is 25.5 Å². The maximum Gasteiger partial charge on any atom is 0.306 e. The molecule has 5 unspecified atom stereocenters. The minimum atomic E-state index is -1.43. The summed E-state index contributed by atoms with van der Waals surface area (Å²) in [7, 11) is 4.90. The van der Waals surface area contributed by atoms with Crippen LogP contribution in [0.15, 0.2) is 30.3 Å². The minimum absolute atomic E-state index is 0.00347. The number of carbonyl (C=O) groups excluding carboxylic acids is 6. The van der Waals surface area contributed by atoms with Crippen molar-refractivity contribution in [3.8, 4) is 0 Å². The standard InChI is InChI=1S/C52H83N3O16/c1-13-42(60)67-39-27-41(59)53-32(4)29-55(24-19-18-22-37-20-16-15-17-21-37)30-40(66-35(7)57)31(3)26-38(23-25-56)48(49(39)63-12)70-51-46(62)45(54(10)11)47(33(5)65-51)69-44-28-52(9,71-36(8)58)50(34(6)64-44)68-43(61)14-2/h15-17,20-21,25,31-34,38-40,44-51,62H,13-14,18-19,22-24,26-30H2,1-12H3,(H,53,59)/t31-,32-,33?,34?,38+,39-,40+,44+,45?,46?,47-,48+,49+,50+,51+,52?/m1/s1. The number of nitrogens with one attached hydrogen (secondary N) is 1. The number of aliphatic hydroxyl groups is 1. The van der Waals surface area contributed by atoms with Crippen molar-refractivity contribution in [2.24, 2.45) is 11.8 Å². The van der Waals surface area contributed by atoms with Gasteiger partial charge in [0, 0.05) is 65.8 Å². The first-order valence-corrected chi connectivity index (χ1v) is 25.4. The Morgan fingerprint density at radius 2 is 1.55 bits per heavy atom. The number of aliphatic hydroxyl groups excluding tert-OH is 1. The van der Waals surface area contributed by atoms with E-state index in [-0.39, 0.29) is 50.5 Å². The SMILES string of the molecule is CCC(=O)O[C@@H]1CC(=O)N[C@H](C)CN(CCCCc2ccccc2)C[C@H](OC(C)=O)[C@H](C)C[C@H](CC=O)[C@H](O[C@@H]2OC(C)[C@@H](O[C@H]3CC(C)(OC(C)=O)[C@@H](OC(=O)CC)C(C)O3)C(N(C)C)C2O)[C@H]1OC. The molecule has 0 bridgehead atoms. The molecule has 0 spiro atoms. The van der Waals surface area contributed by atoms with Gasteiger partial charge in [0.15, 0.2) is 24.3 Å². The summed E-state index contributed by atoms with van der Waals surface area (Å²) >= 11 is 0. The van der Waals surface area contributed by atoms with Gasteiger partial charge in [-0.2, -0.15) is 0 Å². The fourth-order valence-electron chi connectivity index (χ4n) is 10.4. The van der Waals surface area contributed by atoms with Crippen LogP contribution in [-0.4, -0.2) is 177 Å². The summed E-state index contributed by atoms with van der Waals surface area (Å²) in [6.45, 7) is 16.3. The Bertz CT molecular complexity index is 1860. The molecule has 71 heavy (non-hydrogen) atoms. The number of aryl methyl sites for hydroxylation is 1. The summed E-state index contributed by atoms with van der Waals surface area (Å²) in [5.74, 6) is -3.65. The molecule has 3 fully saturated rings. The average molecular weight is 1010 g/mol. The molecule has 3 heterocycles. The second kappa shape index (κ2) is 28.4. The van der Waals surface area contributed by atoms with Crippen molar-refractivity contribution in [1.29, 1.82) is 0 Å². The Morgan fingerprint density at radius 3 is 2.15 bits per heavy atom. The number of aldehydes is 1. The summed E-state index contributed by atoms with van der Waals surface area (Å²) in [5.41, 5.74) is -0.0955. The lowest BCUT2D eigenvalue weighted by atomic mass is 9.82. The third-order valence-corrected chi connectivity index (χ3v) is 13.7. The molecule has 16 atom stereocenters. The second-order valence-corrected chi connectivity index (χ2v) is 20.0. The third kappa shape index (κ3) is 17.5. The van der Waals surface area contributed by atoms with Gasteiger partial charge >= 0.3 is 23.9 Å². The molecule has 3 saturated heterocycles. The number of unbranched alkanes of at least 4 members (excludes halogenated alkanes) is 1. The first kappa shape index (κ1) is 59.5. The topological polar surface area (TPSA) is 224 Å². The number of carbonyl (C=O) groups is 6. The Balaban J connectivity index is 1.71. The molecular formula is C52H83N3O16. The van der Waals surface area contributed by atoms with Gasteiger partial charge < -0.3 is 62.7 Å². The van der Waals surface area contributed by atoms with E-state index in [1.807, 2.05) is 32.0 Å². The summed E-state index contributed by atoms with van der Waals surface area (Å²) in [5, 5.41) is 15.4. The normalized spacial score (nSPS) is 34.6. The van der Waals surface area contributed by atoms with Gasteiger partial charge in [-0.3, -0.25) is 28.9 Å². The molecule has 1 amide bonds. The van der Waals surface area contributed by atoms with Crippen LogP contribution >= 0.6 is 0 Å². The van der Waals surface area contributed by atoms with E-state index in [0.29, 0.717) is 19.6 Å². The van der Waals surface area contributed by atoms with Crippen LogP contribution in [0.2, 0.25) is 0 Å². The zero-order chi connectivity index (χ0) is 52.6. The number of methoxy groups -OCH3 is 1. The molecule has 19 heteroatoms. The molecule has 1 aromatic carbocycles. The molecule has 3 aliphatic rings. The number of rotatable bonds is 19. The zero-order valence-electron chi connectivity index (χ0n) is 44.1. The van der Waals surface area contributed by atoms with Crippen LogP contribution in [0.1, 0.15) is 119 Å². The molecule has 0 aliphatic carbocycles. The first-order chi connectivity index (χ1) is 33.6. The molecule has 0 saturated carbocycles. The van der Waals surface area contributed by atoms with Crippen molar-refractivity contribution < 1.29 is 76.5 Å². The van der Waals surface area contributed by atoms with Gasteiger partial charge in [0.05, 0.1) is 30.8 Å². The van der Waals surface area contributed by atoms with E-state index in [1.165, 1.54) is 26.5 Å². The first-order valence-electron chi connectivity index (χ1n) is 25.4. The van der Waals surface area contributed by atoms with Crippen LogP contribution in [0.3, 0.4) is 0 Å². The van der Waals surface area contributed by atoms with Crippen molar-refractivity contribution >= 4 is 36.1 Å². The summed E-state index contributed by atoms with van der Waals surface area (Å²) in [4.78, 5) is 81.5. The fraction of sp³-hybridized carbons (Fsp3) is 0.769. The van der Waals surface area contributed by atoms with Crippen LogP contribution in [-0.2, 0) is 77.8 Å². The van der Waals surface area contributed by atoms with Crippen molar-refractivity contribution in [2.45, 2.75) is 205 Å². The third-order valence-electron chi connectivity index (χ3n) is 13.7. The number of hydrogen-bond acceptors (Lipinski definition) is 18. The number of esters is 4. The highest BCUT2D eigenvalue weighted by atomic mass is 16.7. The maximum absolute atomic E-state index is 14.0. The molecule has 1 aromatic rings. The van der Waals surface area contributed by atoms with Crippen LogP contribution in [0.4, 0.5) is 0 Å². The highest BCUT2D eigenvalue weighted by Gasteiger charge is 2.54. The number of ether oxygens (including phenoxy) is 9. The van der Waals surface area contributed by atoms with E-state index in [2.05, 4.69) is 22.3 Å². The van der Waals surface area contributed by atoms with E-state index >= 15 is 0 Å². The quantitative estimate of drug-likeness (QED) is 0.0853. The Kier molecular flexibility index (Phi) is 23.8. The van der Waals surface area contributed by atoms with Crippen LogP contribution < -0.4 is 5.32 Å². The van der Waals surface area contributed by atoms with Crippen molar-refractivity contribution in [3.05, 3.63) is 35.9 Å². The fourth-order valence-corrected chi connectivity index (χ4v) is 10.4. The molecule has 0 radical (unpaired) electrons. The van der Waals surface area contributed by atoms with E-state index in [1.54, 1.807) is 53.6 Å². The second-order valence-electron chi connectivity index (χ2n) is 20.0. The minimum Gasteiger partial charge on any atom is -0.461 e. The number of hydrogen-bond donors (Lipinski definition) is 2. The average Bonchev–Trinajstić information content (AvgIpc) is 3.29. The Morgan fingerprint density at radius 1 is 0.873 bits per heavy atom. The summed E-state index contributed by atoms with van der Waals surface area (Å²) < 4.78 is 56.0. The monoisotopic (exact) mass is 1010 g/mol. The zero-order valence-corrected chi connectivity index (χ0v) is 44.1. The number of amides is 1. The number of benzene rings is 1. The highest BCUT2D eigenvalue weighted by Crippen LogP contribution is 2.39. The van der Waals surface area contributed by atoms with Crippen LogP contribution in [0.25, 0.3) is 0 Å². The predicted molar refractivity (Wildman–Crippen MR) is 259 cm³/mol. The van der Waals surface area contributed by atoms with Gasteiger partial charge in [-0.1, -0.05) is 51.1 Å². The van der Waals surface area contributed by atoms with Gasteiger partial charge in [0.2, 0.25) is 5.91 Å². The van der Waals surface area contributed by atoms with Gasteiger partial charge in [-0.05, 0) is 91.4 Å². The molecule has 3 aliphatic heterocycles. The maximum atomic E-state index is 14.0. The lowest BCUT2D eigenvalue weighted by Gasteiger charge is -2.51. The largest absolute Gasteiger partial charge is 0.461 e. The van der Waals surface area contributed by atoms with Gasteiger partial charge in [0.25, 0.3) is 0 Å². The van der Waals surface area contributed by atoms with Gasteiger partial charge in [0.1, 0.15) is 36.8 Å².